The van der Waals surface area contributed by atoms with Crippen molar-refractivity contribution in [1.29, 1.82) is 0 Å². The SMILES string of the molecule is COCOc1cc(C(=O)OC)ccc1[B-](F)(F)F. The van der Waals surface area contributed by atoms with Crippen molar-refractivity contribution in [3.8, 4) is 5.75 Å². The monoisotopic (exact) mass is 263 g/mol. The van der Waals surface area contributed by atoms with E-state index in [-0.39, 0.29) is 12.4 Å². The molecule has 0 radical (unpaired) electrons. The lowest BCUT2D eigenvalue weighted by atomic mass is 9.79. The van der Waals surface area contributed by atoms with Crippen LogP contribution in [0.2, 0.25) is 0 Å². The second-order valence-electron chi connectivity index (χ2n) is 3.37. The molecular weight excluding hydrogens is 252 g/mol. The van der Waals surface area contributed by atoms with Crippen molar-refractivity contribution >= 4 is 18.4 Å². The molecule has 0 bridgehead atoms. The maximum atomic E-state index is 12.7. The van der Waals surface area contributed by atoms with E-state index in [9.17, 15) is 17.7 Å². The van der Waals surface area contributed by atoms with Gasteiger partial charge in [-0.25, -0.2) is 4.79 Å². The van der Waals surface area contributed by atoms with Crippen molar-refractivity contribution in [3.05, 3.63) is 23.8 Å². The second-order valence-corrected chi connectivity index (χ2v) is 3.37. The molecule has 0 aliphatic carbocycles. The Hall–Kier alpha value is -1.70. The zero-order valence-electron chi connectivity index (χ0n) is 9.78. The molecule has 0 amide bonds. The molecule has 18 heavy (non-hydrogen) atoms. The van der Waals surface area contributed by atoms with Gasteiger partial charge in [-0.2, -0.15) is 0 Å². The summed E-state index contributed by atoms with van der Waals surface area (Å²) in [6.07, 6.45) is 0. The van der Waals surface area contributed by atoms with Crippen LogP contribution in [0.25, 0.3) is 0 Å². The van der Waals surface area contributed by atoms with Crippen LogP contribution in [0.3, 0.4) is 0 Å². The molecule has 0 N–H and O–H groups in total. The third-order valence-electron chi connectivity index (χ3n) is 2.12. The summed E-state index contributed by atoms with van der Waals surface area (Å²) in [5.74, 6) is -1.19. The molecule has 0 heterocycles. The lowest BCUT2D eigenvalue weighted by Gasteiger charge is -2.20. The maximum absolute atomic E-state index is 12.7. The molecule has 1 aromatic carbocycles. The van der Waals surface area contributed by atoms with Gasteiger partial charge in [0.1, 0.15) is 0 Å². The molecule has 0 unspecified atom stereocenters. The molecule has 8 heteroatoms. The molecule has 0 aliphatic heterocycles. The minimum atomic E-state index is -5.23. The summed E-state index contributed by atoms with van der Waals surface area (Å²) in [7, 11) is 2.42. The van der Waals surface area contributed by atoms with Crippen molar-refractivity contribution in [3.63, 3.8) is 0 Å². The number of carbonyl (C=O) groups is 1. The van der Waals surface area contributed by atoms with Gasteiger partial charge >= 0.3 is 12.9 Å². The van der Waals surface area contributed by atoms with Gasteiger partial charge in [0.25, 0.3) is 0 Å². The van der Waals surface area contributed by atoms with Crippen molar-refractivity contribution in [1.82, 2.24) is 0 Å². The topological polar surface area (TPSA) is 44.8 Å². The second kappa shape index (κ2) is 5.77. The predicted octanol–water partition coefficient (Wildman–Crippen LogP) is 1.51. The molecule has 1 rings (SSSR count). The quantitative estimate of drug-likeness (QED) is 0.459. The van der Waals surface area contributed by atoms with E-state index in [2.05, 4.69) is 9.47 Å². The van der Waals surface area contributed by atoms with Gasteiger partial charge < -0.3 is 27.2 Å². The Morgan fingerprint density at radius 2 is 1.94 bits per heavy atom. The molecule has 0 saturated carbocycles. The van der Waals surface area contributed by atoms with Crippen molar-refractivity contribution in [2.75, 3.05) is 21.0 Å². The number of hydrogen-bond acceptors (Lipinski definition) is 4. The van der Waals surface area contributed by atoms with Crippen molar-refractivity contribution in [2.45, 2.75) is 0 Å². The van der Waals surface area contributed by atoms with Gasteiger partial charge in [-0.15, -0.1) is 0 Å². The Morgan fingerprint density at radius 1 is 1.28 bits per heavy atom. The smallest absolute Gasteiger partial charge is 0.471 e. The van der Waals surface area contributed by atoms with Gasteiger partial charge in [-0.05, 0) is 6.07 Å². The Balaban J connectivity index is 3.16. The number of rotatable bonds is 5. The number of hydrogen-bond donors (Lipinski definition) is 0. The molecule has 4 nitrogen and oxygen atoms in total. The molecule has 100 valence electrons. The van der Waals surface area contributed by atoms with E-state index < -0.39 is 24.2 Å². The normalized spacial score (nSPS) is 11.2. The predicted molar refractivity (Wildman–Crippen MR) is 59.0 cm³/mol. The van der Waals surface area contributed by atoms with Crippen molar-refractivity contribution < 1.29 is 32.0 Å². The summed E-state index contributed by atoms with van der Waals surface area (Å²) >= 11 is 0. The number of carbonyl (C=O) groups excluding carboxylic acids is 1. The molecule has 0 fully saturated rings. The highest BCUT2D eigenvalue weighted by Crippen LogP contribution is 2.20. The molecular formula is C10H11BF3O4-. The largest absolute Gasteiger partial charge is 0.513 e. The van der Waals surface area contributed by atoms with Gasteiger partial charge in [0, 0.05) is 7.11 Å². The number of methoxy groups -OCH3 is 2. The number of ether oxygens (including phenoxy) is 3. The van der Waals surface area contributed by atoms with E-state index in [1.807, 2.05) is 0 Å². The number of esters is 1. The van der Waals surface area contributed by atoms with Gasteiger partial charge in [0.15, 0.2) is 6.79 Å². The van der Waals surface area contributed by atoms with Crippen LogP contribution in [-0.2, 0) is 9.47 Å². The minimum Gasteiger partial charge on any atom is -0.471 e. The summed E-state index contributed by atoms with van der Waals surface area (Å²) in [6, 6.07) is 2.81. The summed E-state index contributed by atoms with van der Waals surface area (Å²) in [5.41, 5.74) is -0.938. The van der Waals surface area contributed by atoms with E-state index in [0.717, 1.165) is 25.3 Å². The molecule has 0 saturated heterocycles. The highest BCUT2D eigenvalue weighted by Gasteiger charge is 2.30. The Kier molecular flexibility index (Phi) is 4.60. The van der Waals surface area contributed by atoms with Crippen LogP contribution in [0, 0.1) is 0 Å². The Labute approximate surface area is 102 Å². The van der Waals surface area contributed by atoms with E-state index in [1.165, 1.54) is 7.11 Å². The zero-order valence-corrected chi connectivity index (χ0v) is 9.78. The highest BCUT2D eigenvalue weighted by molar-refractivity contribution is 6.74. The third kappa shape index (κ3) is 3.40. The van der Waals surface area contributed by atoms with Gasteiger partial charge in [0.05, 0.1) is 18.4 Å². The molecule has 0 atom stereocenters. The van der Waals surface area contributed by atoms with Crippen LogP contribution in [0.1, 0.15) is 10.4 Å². The van der Waals surface area contributed by atoms with E-state index in [1.54, 1.807) is 0 Å². The van der Waals surface area contributed by atoms with E-state index in [0.29, 0.717) is 0 Å². The molecule has 1 aromatic rings. The summed E-state index contributed by atoms with van der Waals surface area (Å²) in [6.45, 7) is -5.57. The molecule has 0 aromatic heterocycles. The fourth-order valence-corrected chi connectivity index (χ4v) is 1.30. The lowest BCUT2D eigenvalue weighted by molar-refractivity contribution is 0.0509. The Morgan fingerprint density at radius 3 is 2.44 bits per heavy atom. The first kappa shape index (κ1) is 14.4. The number of benzene rings is 1. The third-order valence-corrected chi connectivity index (χ3v) is 2.12. The van der Waals surface area contributed by atoms with Crippen LogP contribution in [0.4, 0.5) is 12.9 Å². The molecule has 0 aliphatic rings. The summed E-state index contributed by atoms with van der Waals surface area (Å²) in [5, 5.41) is 0. The van der Waals surface area contributed by atoms with Gasteiger partial charge in [0.2, 0.25) is 0 Å². The van der Waals surface area contributed by atoms with Crippen LogP contribution in [-0.4, -0.2) is 34.0 Å². The van der Waals surface area contributed by atoms with Crippen LogP contribution in [0.5, 0.6) is 5.75 Å². The van der Waals surface area contributed by atoms with E-state index >= 15 is 0 Å². The van der Waals surface area contributed by atoms with Gasteiger partial charge in [-0.3, -0.25) is 0 Å². The first-order chi connectivity index (χ1) is 8.40. The molecule has 0 spiro atoms. The summed E-state index contributed by atoms with van der Waals surface area (Å²) < 4.78 is 51.9. The van der Waals surface area contributed by atoms with Crippen LogP contribution in [0.15, 0.2) is 18.2 Å². The fraction of sp³-hybridized carbons (Fsp3) is 0.300. The average molecular weight is 263 g/mol. The average Bonchev–Trinajstić information content (AvgIpc) is 2.33. The lowest BCUT2D eigenvalue weighted by Crippen LogP contribution is -2.35. The number of halogens is 3. The van der Waals surface area contributed by atoms with Crippen LogP contribution < -0.4 is 10.2 Å². The van der Waals surface area contributed by atoms with Crippen molar-refractivity contribution in [2.24, 2.45) is 0 Å². The fourth-order valence-electron chi connectivity index (χ4n) is 1.30. The summed E-state index contributed by atoms with van der Waals surface area (Å²) in [4.78, 5) is 11.2. The van der Waals surface area contributed by atoms with Crippen LogP contribution >= 0.6 is 0 Å². The standard InChI is InChI=1S/C10H11BF3O4/c1-16-6-18-9-5-7(10(15)17-2)3-4-8(9)11(12,13)14/h3-5H,6H2,1-2H3/q-1. The maximum Gasteiger partial charge on any atom is 0.513 e. The van der Waals surface area contributed by atoms with E-state index in [4.69, 9.17) is 4.74 Å². The first-order valence-electron chi connectivity index (χ1n) is 4.94. The Bertz CT molecular complexity index is 434. The minimum absolute atomic E-state index is 0.0209. The first-order valence-corrected chi connectivity index (χ1v) is 4.94. The van der Waals surface area contributed by atoms with Gasteiger partial charge in [-0.1, -0.05) is 17.6 Å². The zero-order chi connectivity index (χ0) is 13.8. The highest BCUT2D eigenvalue weighted by atomic mass is 19.4.